The average molecular weight is 172 g/mol. The Balaban J connectivity index is 3.12. The average Bonchev–Trinajstić information content (AvgIpc) is 2.16. The van der Waals surface area contributed by atoms with Crippen molar-refractivity contribution in [3.05, 3.63) is 48.7 Å². The molecule has 0 radical (unpaired) electrons. The maximum Gasteiger partial charge on any atom is 0.0929 e. The van der Waals surface area contributed by atoms with Gasteiger partial charge >= 0.3 is 0 Å². The molecule has 1 rings (SSSR count). The summed E-state index contributed by atoms with van der Waals surface area (Å²) in [6, 6.07) is 5.92. The second-order valence-corrected chi connectivity index (χ2v) is 2.66. The van der Waals surface area contributed by atoms with Crippen LogP contribution in [0.25, 0.3) is 6.08 Å². The van der Waals surface area contributed by atoms with E-state index in [2.05, 4.69) is 23.4 Å². The van der Waals surface area contributed by atoms with Gasteiger partial charge in [-0.15, -0.1) is 0 Å². The van der Waals surface area contributed by atoms with E-state index in [1.54, 1.807) is 6.08 Å². The van der Waals surface area contributed by atoms with Crippen molar-refractivity contribution in [1.82, 2.24) is 0 Å². The highest BCUT2D eigenvalue weighted by Gasteiger charge is 1.96. The largest absolute Gasteiger partial charge is 0.159 e. The second-order valence-electron chi connectivity index (χ2n) is 2.66. The van der Waals surface area contributed by atoms with Gasteiger partial charge in [-0.3, -0.25) is 0 Å². The van der Waals surface area contributed by atoms with E-state index in [9.17, 15) is 0 Å². The van der Waals surface area contributed by atoms with Gasteiger partial charge in [-0.2, -0.15) is 10.2 Å². The van der Waals surface area contributed by atoms with Gasteiger partial charge in [-0.25, -0.2) is 0 Å². The van der Waals surface area contributed by atoms with Crippen LogP contribution in [-0.4, -0.2) is 0 Å². The molecule has 0 atom stereocenters. The molecule has 0 aliphatic carbocycles. The number of hydrogen-bond acceptors (Lipinski definition) is 2. The first-order chi connectivity index (χ1) is 6.27. The fraction of sp³-hybridized carbons (Fsp3) is 0.0909. The summed E-state index contributed by atoms with van der Waals surface area (Å²) < 4.78 is 0. The smallest absolute Gasteiger partial charge is 0.0929 e. The van der Waals surface area contributed by atoms with E-state index in [0.717, 1.165) is 11.3 Å². The van der Waals surface area contributed by atoms with E-state index < -0.39 is 0 Å². The summed E-state index contributed by atoms with van der Waals surface area (Å²) in [5.41, 5.74) is 3.00. The lowest BCUT2D eigenvalue weighted by Gasteiger charge is -1.99. The number of benzene rings is 1. The Bertz CT molecular complexity index is 351. The van der Waals surface area contributed by atoms with Crippen molar-refractivity contribution in [2.45, 2.75) is 6.92 Å². The molecular formula is C11H12N2. The van der Waals surface area contributed by atoms with Crippen LogP contribution >= 0.6 is 0 Å². The summed E-state index contributed by atoms with van der Waals surface area (Å²) >= 11 is 0. The lowest BCUT2D eigenvalue weighted by Crippen LogP contribution is -1.76. The predicted molar refractivity (Wildman–Crippen MR) is 56.0 cm³/mol. The lowest BCUT2D eigenvalue weighted by atomic mass is 10.1. The molecule has 0 aliphatic rings. The Labute approximate surface area is 78.3 Å². The molecule has 66 valence electrons. The molecule has 0 bridgehead atoms. The summed E-state index contributed by atoms with van der Waals surface area (Å²) in [7, 11) is 0. The number of hydrogen-bond donors (Lipinski definition) is 0. The minimum Gasteiger partial charge on any atom is -0.159 e. The van der Waals surface area contributed by atoms with Crippen molar-refractivity contribution in [1.29, 1.82) is 0 Å². The highest BCUT2D eigenvalue weighted by molar-refractivity contribution is 5.63. The number of rotatable bonds is 3. The normalized spacial score (nSPS) is 10.2. The summed E-state index contributed by atoms with van der Waals surface area (Å²) in [6.07, 6.45) is 3.18. The van der Waals surface area contributed by atoms with Gasteiger partial charge in [0.2, 0.25) is 0 Å². The Morgan fingerprint density at radius 1 is 1.31 bits per heavy atom. The van der Waals surface area contributed by atoms with Crippen molar-refractivity contribution in [3.63, 3.8) is 0 Å². The van der Waals surface area contributed by atoms with Crippen molar-refractivity contribution < 1.29 is 0 Å². The van der Waals surface area contributed by atoms with Crippen molar-refractivity contribution in [3.8, 4) is 0 Å². The first-order valence-electron chi connectivity index (χ1n) is 4.03. The summed E-state index contributed by atoms with van der Waals surface area (Å²) in [5, 5.41) is 7.69. The Morgan fingerprint density at radius 2 is 2.08 bits per heavy atom. The summed E-state index contributed by atoms with van der Waals surface area (Å²) in [4.78, 5) is 0. The van der Waals surface area contributed by atoms with Crippen LogP contribution in [0.4, 0.5) is 5.69 Å². The third-order valence-electron chi connectivity index (χ3n) is 1.65. The minimum atomic E-state index is 0.820. The molecule has 0 N–H and O–H groups in total. The van der Waals surface area contributed by atoms with Crippen LogP contribution in [0.15, 0.2) is 47.8 Å². The van der Waals surface area contributed by atoms with Crippen LogP contribution in [-0.2, 0) is 0 Å². The van der Waals surface area contributed by atoms with Gasteiger partial charge in [-0.05, 0) is 19.1 Å². The number of nitrogens with zero attached hydrogens (tertiary/aromatic N) is 2. The molecular weight excluding hydrogens is 160 g/mol. The molecule has 1 aromatic rings. The molecule has 1 aromatic carbocycles. The van der Waals surface area contributed by atoms with Gasteiger partial charge in [0, 0.05) is 11.8 Å². The molecule has 0 heterocycles. The third-order valence-corrected chi connectivity index (χ3v) is 1.65. The van der Waals surface area contributed by atoms with E-state index in [0.29, 0.717) is 0 Å². The van der Waals surface area contributed by atoms with Crippen LogP contribution < -0.4 is 0 Å². The van der Waals surface area contributed by atoms with Crippen molar-refractivity contribution in [2.24, 2.45) is 10.2 Å². The van der Waals surface area contributed by atoms with Gasteiger partial charge in [0.05, 0.1) is 5.69 Å². The molecule has 0 amide bonds. The van der Waals surface area contributed by atoms with Gasteiger partial charge in [0.25, 0.3) is 0 Å². The van der Waals surface area contributed by atoms with E-state index in [-0.39, 0.29) is 0 Å². The van der Waals surface area contributed by atoms with Gasteiger partial charge < -0.3 is 0 Å². The van der Waals surface area contributed by atoms with Crippen LogP contribution in [0.1, 0.15) is 11.1 Å². The summed E-state index contributed by atoms with van der Waals surface area (Å²) in [5.74, 6) is 0. The van der Waals surface area contributed by atoms with Crippen LogP contribution in [0.5, 0.6) is 0 Å². The molecule has 2 heteroatoms. The SMILES string of the molecule is C=CN=Nc1ccc(C)cc1C=C. The Hall–Kier alpha value is -1.70. The number of azo groups is 1. The van der Waals surface area contributed by atoms with E-state index in [1.165, 1.54) is 11.8 Å². The van der Waals surface area contributed by atoms with Gasteiger partial charge in [0.1, 0.15) is 0 Å². The monoisotopic (exact) mass is 172 g/mol. The molecule has 0 unspecified atom stereocenters. The quantitative estimate of drug-likeness (QED) is 0.618. The zero-order chi connectivity index (χ0) is 9.68. The standard InChI is InChI=1S/C11H12N2/c1-4-10-8-9(3)6-7-11(10)13-12-5-2/h4-8H,1-2H2,3H3. The molecule has 2 nitrogen and oxygen atoms in total. The molecule has 0 aliphatic heterocycles. The van der Waals surface area contributed by atoms with Gasteiger partial charge in [0.15, 0.2) is 0 Å². The zero-order valence-electron chi connectivity index (χ0n) is 7.70. The van der Waals surface area contributed by atoms with E-state index >= 15 is 0 Å². The highest BCUT2D eigenvalue weighted by Crippen LogP contribution is 2.21. The van der Waals surface area contributed by atoms with Crippen LogP contribution in [0, 0.1) is 6.92 Å². The van der Waals surface area contributed by atoms with Crippen molar-refractivity contribution in [2.75, 3.05) is 0 Å². The summed E-state index contributed by atoms with van der Waals surface area (Å²) in [6.45, 7) is 9.21. The fourth-order valence-corrected chi connectivity index (χ4v) is 1.03. The van der Waals surface area contributed by atoms with Crippen molar-refractivity contribution >= 4 is 11.8 Å². The fourth-order valence-electron chi connectivity index (χ4n) is 1.03. The zero-order valence-corrected chi connectivity index (χ0v) is 7.70. The predicted octanol–water partition coefficient (Wildman–Crippen LogP) is 3.87. The molecule has 0 saturated carbocycles. The van der Waals surface area contributed by atoms with E-state index in [1.807, 2.05) is 25.1 Å². The van der Waals surface area contributed by atoms with E-state index in [4.69, 9.17) is 0 Å². The molecule has 0 spiro atoms. The van der Waals surface area contributed by atoms with Crippen LogP contribution in [0.2, 0.25) is 0 Å². The minimum absolute atomic E-state index is 0.820. The first kappa shape index (κ1) is 9.39. The second kappa shape index (κ2) is 4.36. The molecule has 0 aromatic heterocycles. The third kappa shape index (κ3) is 2.37. The molecule has 13 heavy (non-hydrogen) atoms. The molecule has 0 saturated heterocycles. The maximum atomic E-state index is 3.97. The topological polar surface area (TPSA) is 24.7 Å². The lowest BCUT2D eigenvalue weighted by molar-refractivity contribution is 1.22. The number of aryl methyl sites for hydroxylation is 1. The first-order valence-corrected chi connectivity index (χ1v) is 4.03. The van der Waals surface area contributed by atoms with Gasteiger partial charge in [-0.1, -0.05) is 30.9 Å². The maximum absolute atomic E-state index is 3.97. The van der Waals surface area contributed by atoms with Crippen LogP contribution in [0.3, 0.4) is 0 Å². The Morgan fingerprint density at radius 3 is 2.69 bits per heavy atom. The molecule has 0 fully saturated rings. The highest BCUT2D eigenvalue weighted by atomic mass is 15.1. The Kier molecular flexibility index (Phi) is 3.15.